The van der Waals surface area contributed by atoms with Crippen LogP contribution in [0.15, 0.2) is 36.4 Å². The summed E-state index contributed by atoms with van der Waals surface area (Å²) in [7, 11) is 0. The third-order valence-corrected chi connectivity index (χ3v) is 3.70. The summed E-state index contributed by atoms with van der Waals surface area (Å²) in [5.74, 6) is -2.71. The van der Waals surface area contributed by atoms with E-state index in [4.69, 9.17) is 0 Å². The maximum absolute atomic E-state index is 12.2. The lowest BCUT2D eigenvalue weighted by molar-refractivity contribution is -0.313. The third-order valence-electron chi connectivity index (χ3n) is 3.70. The molecule has 106 valence electrons. The number of hydrogen-bond donors (Lipinski definition) is 1. The Kier molecular flexibility index (Phi) is 4.56. The Hall–Kier alpha value is -2.10. The molecule has 0 heterocycles. The van der Waals surface area contributed by atoms with Crippen molar-refractivity contribution in [3.8, 4) is 0 Å². The Morgan fingerprint density at radius 1 is 1.15 bits per heavy atom. The molecule has 1 aliphatic carbocycles. The number of carbonyl (C=O) groups excluding carboxylic acids is 2. The van der Waals surface area contributed by atoms with Crippen molar-refractivity contribution in [2.75, 3.05) is 5.32 Å². The average Bonchev–Trinajstić information content (AvgIpc) is 2.48. The number of aliphatic carboxylic acids is 1. The van der Waals surface area contributed by atoms with Gasteiger partial charge < -0.3 is 15.2 Å². The van der Waals surface area contributed by atoms with E-state index in [2.05, 4.69) is 12.2 Å². The summed E-state index contributed by atoms with van der Waals surface area (Å²) in [6, 6.07) is 7.58. The zero-order chi connectivity index (χ0) is 14.5. The normalized spacial score (nSPS) is 21.4. The minimum Gasteiger partial charge on any atom is -0.550 e. The van der Waals surface area contributed by atoms with E-state index < -0.39 is 17.8 Å². The van der Waals surface area contributed by atoms with Gasteiger partial charge in [-0.1, -0.05) is 31.2 Å². The number of carboxylic acid groups (broad SMARTS) is 1. The van der Waals surface area contributed by atoms with Crippen LogP contribution in [-0.4, -0.2) is 11.9 Å². The van der Waals surface area contributed by atoms with E-state index in [1.54, 1.807) is 6.08 Å². The summed E-state index contributed by atoms with van der Waals surface area (Å²) in [5, 5.41) is 13.9. The highest BCUT2D eigenvalue weighted by Crippen LogP contribution is 2.26. The molecule has 4 nitrogen and oxygen atoms in total. The molecule has 0 unspecified atom stereocenters. The molecule has 0 saturated carbocycles. The lowest BCUT2D eigenvalue weighted by atomic mass is 9.82. The Labute approximate surface area is 118 Å². The summed E-state index contributed by atoms with van der Waals surface area (Å²) in [6.45, 7) is 2.06. The van der Waals surface area contributed by atoms with Crippen LogP contribution in [0.3, 0.4) is 0 Å². The van der Waals surface area contributed by atoms with Gasteiger partial charge in [0.15, 0.2) is 0 Å². The maximum atomic E-state index is 12.2. The minimum absolute atomic E-state index is 0.257. The van der Waals surface area contributed by atoms with Crippen molar-refractivity contribution in [1.29, 1.82) is 0 Å². The van der Waals surface area contributed by atoms with Gasteiger partial charge in [-0.25, -0.2) is 0 Å². The fourth-order valence-corrected chi connectivity index (χ4v) is 2.42. The summed E-state index contributed by atoms with van der Waals surface area (Å²) < 4.78 is 0. The first-order valence-corrected chi connectivity index (χ1v) is 6.87. The van der Waals surface area contributed by atoms with Gasteiger partial charge >= 0.3 is 0 Å². The van der Waals surface area contributed by atoms with Crippen LogP contribution >= 0.6 is 0 Å². The number of benzene rings is 1. The summed E-state index contributed by atoms with van der Waals surface area (Å²) in [4.78, 5) is 23.3. The molecule has 1 aromatic carbocycles. The molecule has 0 saturated heterocycles. The predicted octanol–water partition coefficient (Wildman–Crippen LogP) is 1.52. The number of rotatable bonds is 4. The molecule has 1 aliphatic rings. The molecule has 1 amide bonds. The van der Waals surface area contributed by atoms with Crippen LogP contribution in [-0.2, 0) is 16.0 Å². The summed E-state index contributed by atoms with van der Waals surface area (Å²) in [6.07, 6.45) is 5.38. The van der Waals surface area contributed by atoms with Crippen molar-refractivity contribution >= 4 is 17.6 Å². The topological polar surface area (TPSA) is 69.2 Å². The fourth-order valence-electron chi connectivity index (χ4n) is 2.42. The van der Waals surface area contributed by atoms with Crippen molar-refractivity contribution in [1.82, 2.24) is 0 Å². The van der Waals surface area contributed by atoms with Crippen LogP contribution in [0, 0.1) is 11.8 Å². The molecule has 2 atom stereocenters. The van der Waals surface area contributed by atoms with E-state index in [9.17, 15) is 14.7 Å². The van der Waals surface area contributed by atoms with Crippen molar-refractivity contribution in [2.45, 2.75) is 26.2 Å². The van der Waals surface area contributed by atoms with Crippen LogP contribution in [0.25, 0.3) is 0 Å². The van der Waals surface area contributed by atoms with Gasteiger partial charge in [-0.2, -0.15) is 0 Å². The Morgan fingerprint density at radius 2 is 1.75 bits per heavy atom. The molecule has 1 aromatic rings. The predicted molar refractivity (Wildman–Crippen MR) is 74.8 cm³/mol. The van der Waals surface area contributed by atoms with Crippen LogP contribution in [0.1, 0.15) is 25.3 Å². The van der Waals surface area contributed by atoms with Crippen molar-refractivity contribution in [2.24, 2.45) is 11.8 Å². The summed E-state index contributed by atoms with van der Waals surface area (Å²) >= 11 is 0. The molecule has 0 aliphatic heterocycles. The first-order valence-electron chi connectivity index (χ1n) is 6.87. The van der Waals surface area contributed by atoms with Gasteiger partial charge in [0.2, 0.25) is 5.91 Å². The number of hydrogen-bond acceptors (Lipinski definition) is 3. The van der Waals surface area contributed by atoms with Crippen molar-refractivity contribution < 1.29 is 14.7 Å². The van der Waals surface area contributed by atoms with Gasteiger partial charge in [0.25, 0.3) is 0 Å². The first kappa shape index (κ1) is 14.3. The second-order valence-electron chi connectivity index (χ2n) is 5.01. The highest BCUT2D eigenvalue weighted by molar-refractivity contribution is 5.95. The average molecular weight is 272 g/mol. The lowest BCUT2D eigenvalue weighted by Gasteiger charge is -2.28. The van der Waals surface area contributed by atoms with E-state index in [1.807, 2.05) is 30.3 Å². The molecule has 0 fully saturated rings. The molecule has 0 bridgehead atoms. The van der Waals surface area contributed by atoms with Crippen molar-refractivity contribution in [3.05, 3.63) is 42.0 Å². The van der Waals surface area contributed by atoms with E-state index in [0.717, 1.165) is 6.42 Å². The van der Waals surface area contributed by atoms with E-state index in [-0.39, 0.29) is 5.91 Å². The molecule has 20 heavy (non-hydrogen) atoms. The van der Waals surface area contributed by atoms with E-state index >= 15 is 0 Å². The van der Waals surface area contributed by atoms with Gasteiger partial charge in [-0.3, -0.25) is 4.79 Å². The zero-order valence-corrected chi connectivity index (χ0v) is 11.5. The third kappa shape index (κ3) is 3.26. The number of aryl methyl sites for hydroxylation is 1. The monoisotopic (exact) mass is 272 g/mol. The molecular weight excluding hydrogens is 254 g/mol. The number of carbonyl (C=O) groups is 2. The number of amides is 1. The van der Waals surface area contributed by atoms with Crippen LogP contribution in [0.5, 0.6) is 0 Å². The minimum atomic E-state index is -1.16. The first-order chi connectivity index (χ1) is 9.61. The zero-order valence-electron chi connectivity index (χ0n) is 11.5. The lowest BCUT2D eigenvalue weighted by Crippen LogP contribution is -2.41. The quantitative estimate of drug-likeness (QED) is 0.845. The molecular formula is C16H18NO3-. The number of allylic oxidation sites excluding steroid dienone is 2. The van der Waals surface area contributed by atoms with Crippen LogP contribution in [0.2, 0.25) is 0 Å². The fraction of sp³-hybridized carbons (Fsp3) is 0.375. The second kappa shape index (κ2) is 6.37. The van der Waals surface area contributed by atoms with Gasteiger partial charge in [0, 0.05) is 17.6 Å². The molecule has 1 N–H and O–H groups in total. The molecule has 4 heteroatoms. The van der Waals surface area contributed by atoms with E-state index in [1.165, 1.54) is 5.56 Å². The molecule has 2 rings (SSSR count). The van der Waals surface area contributed by atoms with Gasteiger partial charge in [0.1, 0.15) is 0 Å². The maximum Gasteiger partial charge on any atom is 0.228 e. The largest absolute Gasteiger partial charge is 0.550 e. The smallest absolute Gasteiger partial charge is 0.228 e. The van der Waals surface area contributed by atoms with Crippen LogP contribution in [0.4, 0.5) is 5.69 Å². The summed E-state index contributed by atoms with van der Waals surface area (Å²) in [5.41, 5.74) is 1.88. The second-order valence-corrected chi connectivity index (χ2v) is 5.01. The number of nitrogens with one attached hydrogen (secondary N) is 1. The Bertz CT molecular complexity index is 519. The molecule has 0 radical (unpaired) electrons. The Morgan fingerprint density at radius 3 is 2.30 bits per heavy atom. The highest BCUT2D eigenvalue weighted by atomic mass is 16.4. The molecule has 0 aromatic heterocycles. The van der Waals surface area contributed by atoms with E-state index in [0.29, 0.717) is 18.5 Å². The highest BCUT2D eigenvalue weighted by Gasteiger charge is 2.29. The number of carboxylic acids is 1. The number of anilines is 1. The van der Waals surface area contributed by atoms with Gasteiger partial charge in [0.05, 0.1) is 5.92 Å². The van der Waals surface area contributed by atoms with Crippen molar-refractivity contribution in [3.63, 3.8) is 0 Å². The van der Waals surface area contributed by atoms with Gasteiger partial charge in [-0.05, 0) is 37.0 Å². The Balaban J connectivity index is 2.06. The molecule has 0 spiro atoms. The standard InChI is InChI=1S/C16H19NO3/c1-2-11-7-9-12(10-8-11)17-15(18)13-5-3-4-6-14(13)16(19)20/h3-4,7-10,13-14H,2,5-6H2,1H3,(H,17,18)(H,19,20)/p-1/t13-,14+/m0/s1. The SMILES string of the molecule is CCc1ccc(NC(=O)[C@H]2CC=CC[C@H]2C(=O)[O-])cc1. The van der Waals surface area contributed by atoms with Crippen LogP contribution < -0.4 is 10.4 Å². The van der Waals surface area contributed by atoms with Gasteiger partial charge in [-0.15, -0.1) is 0 Å².